The molecular weight excluding hydrogens is 257 g/mol. The smallest absolute Gasteiger partial charge is 0.356 e. The molecule has 0 unspecified atom stereocenters. The van der Waals surface area contributed by atoms with Crippen LogP contribution in [0.25, 0.3) is 15.5 Å². The van der Waals surface area contributed by atoms with Gasteiger partial charge in [0.1, 0.15) is 10.8 Å². The molecule has 0 fully saturated rings. The van der Waals surface area contributed by atoms with E-state index in [9.17, 15) is 9.18 Å². The number of halogens is 1. The predicted octanol–water partition coefficient (Wildman–Crippen LogP) is 2.30. The van der Waals surface area contributed by atoms with Gasteiger partial charge in [0.2, 0.25) is 4.96 Å². The maximum atomic E-state index is 13.1. The van der Waals surface area contributed by atoms with Gasteiger partial charge >= 0.3 is 5.97 Å². The molecule has 0 radical (unpaired) electrons. The topological polar surface area (TPSA) is 67.5 Å². The molecule has 0 saturated carbocycles. The van der Waals surface area contributed by atoms with E-state index in [-0.39, 0.29) is 11.5 Å². The number of carboxylic acids is 1. The Morgan fingerprint density at radius 3 is 2.94 bits per heavy atom. The molecule has 3 aromatic rings. The molecule has 0 aliphatic rings. The van der Waals surface area contributed by atoms with Crippen LogP contribution in [0, 0.1) is 5.82 Å². The minimum atomic E-state index is -1.10. The summed E-state index contributed by atoms with van der Waals surface area (Å²) in [4.78, 5) is 15.1. The van der Waals surface area contributed by atoms with Crippen molar-refractivity contribution in [1.82, 2.24) is 14.6 Å². The van der Waals surface area contributed by atoms with Crippen LogP contribution in [-0.2, 0) is 0 Å². The molecule has 0 amide bonds. The number of aromatic carboxylic acids is 1. The van der Waals surface area contributed by atoms with Crippen LogP contribution >= 0.6 is 11.3 Å². The lowest BCUT2D eigenvalue weighted by molar-refractivity contribution is 0.0691. The van der Waals surface area contributed by atoms with Crippen LogP contribution in [0.5, 0.6) is 0 Å². The zero-order valence-electron chi connectivity index (χ0n) is 8.87. The quantitative estimate of drug-likeness (QED) is 0.770. The normalized spacial score (nSPS) is 10.9. The van der Waals surface area contributed by atoms with Crippen LogP contribution in [-0.4, -0.2) is 25.7 Å². The Hall–Kier alpha value is -2.28. The van der Waals surface area contributed by atoms with E-state index in [2.05, 4.69) is 10.1 Å². The molecule has 2 heterocycles. The van der Waals surface area contributed by atoms with Crippen molar-refractivity contribution in [3.05, 3.63) is 42.0 Å². The molecule has 7 heteroatoms. The Kier molecular flexibility index (Phi) is 2.34. The van der Waals surface area contributed by atoms with Crippen LogP contribution in [0.4, 0.5) is 4.39 Å². The van der Waals surface area contributed by atoms with E-state index in [1.165, 1.54) is 34.2 Å². The van der Waals surface area contributed by atoms with E-state index in [4.69, 9.17) is 5.11 Å². The fourth-order valence-electron chi connectivity index (χ4n) is 1.54. The zero-order valence-corrected chi connectivity index (χ0v) is 9.69. The summed E-state index contributed by atoms with van der Waals surface area (Å²) in [6, 6.07) is 6.05. The van der Waals surface area contributed by atoms with E-state index < -0.39 is 5.97 Å². The van der Waals surface area contributed by atoms with Crippen molar-refractivity contribution in [3.63, 3.8) is 0 Å². The summed E-state index contributed by atoms with van der Waals surface area (Å²) in [7, 11) is 0. The van der Waals surface area contributed by atoms with Crippen molar-refractivity contribution < 1.29 is 14.3 Å². The molecule has 90 valence electrons. The number of benzene rings is 1. The zero-order chi connectivity index (χ0) is 12.7. The summed E-state index contributed by atoms with van der Waals surface area (Å²) in [5, 5.41) is 13.5. The van der Waals surface area contributed by atoms with E-state index in [0.29, 0.717) is 15.5 Å². The first-order valence-electron chi connectivity index (χ1n) is 4.99. The average Bonchev–Trinajstić information content (AvgIpc) is 2.86. The van der Waals surface area contributed by atoms with Crippen LogP contribution in [0.2, 0.25) is 0 Å². The third-order valence-corrected chi connectivity index (χ3v) is 3.31. The number of imidazole rings is 1. The van der Waals surface area contributed by atoms with Crippen molar-refractivity contribution in [2.45, 2.75) is 0 Å². The lowest BCUT2D eigenvalue weighted by Crippen LogP contribution is -1.95. The molecule has 0 atom stereocenters. The van der Waals surface area contributed by atoms with Gasteiger partial charge in [-0.05, 0) is 12.1 Å². The highest BCUT2D eigenvalue weighted by molar-refractivity contribution is 7.19. The SMILES string of the molecule is O=C(O)c1cn2nc(-c3cccc(F)c3)sc2n1. The second kappa shape index (κ2) is 3.88. The van der Waals surface area contributed by atoms with Crippen LogP contribution in [0.1, 0.15) is 10.5 Å². The van der Waals surface area contributed by atoms with Gasteiger partial charge in [-0.15, -0.1) is 0 Å². The van der Waals surface area contributed by atoms with Crippen LogP contribution in [0.15, 0.2) is 30.5 Å². The van der Waals surface area contributed by atoms with E-state index >= 15 is 0 Å². The maximum absolute atomic E-state index is 13.1. The summed E-state index contributed by atoms with van der Waals surface area (Å²) in [6.45, 7) is 0. The van der Waals surface area contributed by atoms with Crippen molar-refractivity contribution in [2.75, 3.05) is 0 Å². The number of carbonyl (C=O) groups is 1. The monoisotopic (exact) mass is 263 g/mol. The predicted molar refractivity (Wildman–Crippen MR) is 63.2 cm³/mol. The first-order chi connectivity index (χ1) is 8.63. The fourth-order valence-corrected chi connectivity index (χ4v) is 2.42. The molecule has 3 rings (SSSR count). The molecule has 1 N–H and O–H groups in total. The van der Waals surface area contributed by atoms with Gasteiger partial charge in [0, 0.05) is 5.56 Å². The standard InChI is InChI=1S/C11H6FN3O2S/c12-7-3-1-2-6(4-7)9-14-15-5-8(10(16)17)13-11(15)18-9/h1-5H,(H,16,17). The van der Waals surface area contributed by atoms with Crippen molar-refractivity contribution in [2.24, 2.45) is 0 Å². The van der Waals surface area contributed by atoms with E-state index in [1.807, 2.05) is 0 Å². The Morgan fingerprint density at radius 2 is 2.28 bits per heavy atom. The average molecular weight is 263 g/mol. The molecule has 0 aliphatic carbocycles. The highest BCUT2D eigenvalue weighted by Crippen LogP contribution is 2.25. The summed E-state index contributed by atoms with van der Waals surface area (Å²) < 4.78 is 14.5. The second-order valence-corrected chi connectivity index (χ2v) is 4.53. The molecule has 0 saturated heterocycles. The van der Waals surface area contributed by atoms with Gasteiger partial charge in [0.15, 0.2) is 5.69 Å². The van der Waals surface area contributed by atoms with Gasteiger partial charge < -0.3 is 5.11 Å². The minimum absolute atomic E-state index is 0.0560. The van der Waals surface area contributed by atoms with Gasteiger partial charge in [-0.1, -0.05) is 23.5 Å². The summed E-state index contributed by atoms with van der Waals surface area (Å²) in [6.07, 6.45) is 1.33. The van der Waals surface area contributed by atoms with Crippen LogP contribution < -0.4 is 0 Å². The van der Waals surface area contributed by atoms with Crippen molar-refractivity contribution in [1.29, 1.82) is 0 Å². The lowest BCUT2D eigenvalue weighted by atomic mass is 10.2. The first kappa shape index (κ1) is 10.8. The summed E-state index contributed by atoms with van der Waals surface area (Å²) in [5.41, 5.74) is 0.585. The largest absolute Gasteiger partial charge is 0.476 e. The molecule has 18 heavy (non-hydrogen) atoms. The number of hydrogen-bond acceptors (Lipinski definition) is 4. The molecule has 0 bridgehead atoms. The molecular formula is C11H6FN3O2S. The van der Waals surface area contributed by atoms with Crippen molar-refractivity contribution in [3.8, 4) is 10.6 Å². The molecule has 2 aromatic heterocycles. The second-order valence-electron chi connectivity index (χ2n) is 3.58. The molecule has 0 aliphatic heterocycles. The summed E-state index contributed by atoms with van der Waals surface area (Å²) in [5.74, 6) is -1.44. The lowest BCUT2D eigenvalue weighted by Gasteiger charge is -1.94. The third kappa shape index (κ3) is 1.74. The summed E-state index contributed by atoms with van der Waals surface area (Å²) >= 11 is 1.21. The minimum Gasteiger partial charge on any atom is -0.476 e. The maximum Gasteiger partial charge on any atom is 0.356 e. The molecule has 0 spiro atoms. The Morgan fingerprint density at radius 1 is 1.44 bits per heavy atom. The Bertz CT molecular complexity index is 718. The van der Waals surface area contributed by atoms with Gasteiger partial charge in [0.25, 0.3) is 0 Å². The fraction of sp³-hybridized carbons (Fsp3) is 0. The third-order valence-electron chi connectivity index (χ3n) is 2.33. The van der Waals surface area contributed by atoms with Gasteiger partial charge in [-0.2, -0.15) is 5.10 Å². The number of nitrogens with zero attached hydrogens (tertiary/aromatic N) is 3. The highest BCUT2D eigenvalue weighted by atomic mass is 32.1. The number of carboxylic acid groups (broad SMARTS) is 1. The van der Waals surface area contributed by atoms with Gasteiger partial charge in [-0.3, -0.25) is 0 Å². The molecule has 5 nitrogen and oxygen atoms in total. The van der Waals surface area contributed by atoms with Crippen LogP contribution in [0.3, 0.4) is 0 Å². The highest BCUT2D eigenvalue weighted by Gasteiger charge is 2.13. The number of aromatic nitrogens is 3. The van der Waals surface area contributed by atoms with E-state index in [1.54, 1.807) is 12.1 Å². The van der Waals surface area contributed by atoms with E-state index in [0.717, 1.165) is 0 Å². The van der Waals surface area contributed by atoms with Gasteiger partial charge in [0.05, 0.1) is 6.20 Å². The number of rotatable bonds is 2. The van der Waals surface area contributed by atoms with Crippen molar-refractivity contribution >= 4 is 22.3 Å². The van der Waals surface area contributed by atoms with Gasteiger partial charge in [-0.25, -0.2) is 18.7 Å². The molecule has 1 aromatic carbocycles. The Labute approximate surface area is 104 Å². The number of hydrogen-bond donors (Lipinski definition) is 1. The number of fused-ring (bicyclic) bond motifs is 1. The Balaban J connectivity index is 2.09. The first-order valence-corrected chi connectivity index (χ1v) is 5.80.